The largest absolute Gasteiger partial charge is 0.463 e. The molecule has 152 valence electrons. The second-order valence-electron chi connectivity index (χ2n) is 7.01. The summed E-state index contributed by atoms with van der Waals surface area (Å²) in [5.41, 5.74) is 3.40. The van der Waals surface area contributed by atoms with Crippen molar-refractivity contribution in [3.05, 3.63) is 59.7 Å². The number of hydrogen-bond donors (Lipinski definition) is 1. The van der Waals surface area contributed by atoms with Gasteiger partial charge in [-0.1, -0.05) is 53.7 Å². The van der Waals surface area contributed by atoms with Crippen LogP contribution >= 0.6 is 11.8 Å². The molecule has 0 bridgehead atoms. The highest BCUT2D eigenvalue weighted by Gasteiger charge is 2.20. The van der Waals surface area contributed by atoms with Crippen molar-refractivity contribution in [1.29, 1.82) is 0 Å². The van der Waals surface area contributed by atoms with Crippen LogP contribution in [0.3, 0.4) is 0 Å². The number of benzene rings is 2. The minimum atomic E-state index is -0.460. The van der Waals surface area contributed by atoms with E-state index in [1.807, 2.05) is 55.5 Å². The first-order valence-corrected chi connectivity index (χ1v) is 10.4. The molecule has 1 aromatic heterocycles. The van der Waals surface area contributed by atoms with Crippen LogP contribution in [0.15, 0.2) is 58.2 Å². The fourth-order valence-electron chi connectivity index (χ4n) is 2.80. The molecule has 1 amide bonds. The number of aromatic nitrogens is 1. The van der Waals surface area contributed by atoms with E-state index in [-0.39, 0.29) is 30.2 Å². The minimum absolute atomic E-state index is 0.0700. The Hall–Kier alpha value is -2.80. The zero-order chi connectivity index (χ0) is 20.8. The van der Waals surface area contributed by atoms with Crippen LogP contribution in [0.5, 0.6) is 0 Å². The molecule has 29 heavy (non-hydrogen) atoms. The predicted octanol–water partition coefficient (Wildman–Crippen LogP) is 4.43. The predicted molar refractivity (Wildman–Crippen MR) is 113 cm³/mol. The van der Waals surface area contributed by atoms with Gasteiger partial charge in [-0.2, -0.15) is 0 Å². The SMILES string of the molecule is Cc1ccc(C(CC(=O)OC(C)C)NC(=O)CSc2nc3ccccc3o2)cc1. The molecule has 1 unspecified atom stereocenters. The molecule has 3 aromatic rings. The minimum Gasteiger partial charge on any atom is -0.463 e. The first-order valence-electron chi connectivity index (χ1n) is 9.44. The van der Waals surface area contributed by atoms with E-state index in [1.54, 1.807) is 13.8 Å². The Labute approximate surface area is 174 Å². The van der Waals surface area contributed by atoms with Gasteiger partial charge in [0.2, 0.25) is 5.91 Å². The van der Waals surface area contributed by atoms with Gasteiger partial charge in [-0.05, 0) is 38.5 Å². The Morgan fingerprint density at radius 1 is 1.14 bits per heavy atom. The zero-order valence-corrected chi connectivity index (χ0v) is 17.5. The van der Waals surface area contributed by atoms with Gasteiger partial charge >= 0.3 is 5.97 Å². The lowest BCUT2D eigenvalue weighted by Gasteiger charge is -2.19. The van der Waals surface area contributed by atoms with E-state index in [4.69, 9.17) is 9.15 Å². The third kappa shape index (κ3) is 6.09. The number of para-hydroxylation sites is 2. The summed E-state index contributed by atoms with van der Waals surface area (Å²) in [6.07, 6.45) is -0.132. The number of hydrogen-bond acceptors (Lipinski definition) is 6. The molecule has 0 spiro atoms. The number of carbonyl (C=O) groups excluding carboxylic acids is 2. The van der Waals surface area contributed by atoms with Crippen LogP contribution < -0.4 is 5.32 Å². The second-order valence-corrected chi connectivity index (χ2v) is 7.94. The monoisotopic (exact) mass is 412 g/mol. The molecule has 0 saturated heterocycles. The van der Waals surface area contributed by atoms with Gasteiger partial charge in [-0.15, -0.1) is 0 Å². The quantitative estimate of drug-likeness (QED) is 0.435. The Morgan fingerprint density at radius 3 is 2.55 bits per heavy atom. The van der Waals surface area contributed by atoms with Crippen molar-refractivity contribution in [2.75, 3.05) is 5.75 Å². The molecule has 3 rings (SSSR count). The number of ether oxygens (including phenoxy) is 1. The lowest BCUT2D eigenvalue weighted by Crippen LogP contribution is -2.32. The summed E-state index contributed by atoms with van der Waals surface area (Å²) in [5, 5.41) is 3.37. The Bertz CT molecular complexity index is 949. The molecule has 1 heterocycles. The van der Waals surface area contributed by atoms with E-state index in [0.717, 1.165) is 16.6 Å². The smallest absolute Gasteiger partial charge is 0.308 e. The number of thioether (sulfide) groups is 1. The van der Waals surface area contributed by atoms with Crippen molar-refractivity contribution in [1.82, 2.24) is 10.3 Å². The van der Waals surface area contributed by atoms with Gasteiger partial charge in [0, 0.05) is 0 Å². The average molecular weight is 413 g/mol. The molecular formula is C22H24N2O4S. The van der Waals surface area contributed by atoms with E-state index < -0.39 is 6.04 Å². The van der Waals surface area contributed by atoms with Crippen LogP contribution in [0, 0.1) is 6.92 Å². The Morgan fingerprint density at radius 2 is 1.86 bits per heavy atom. The molecule has 7 heteroatoms. The number of nitrogens with zero attached hydrogens (tertiary/aromatic N) is 1. The van der Waals surface area contributed by atoms with E-state index in [0.29, 0.717) is 10.8 Å². The molecular weight excluding hydrogens is 388 g/mol. The number of esters is 1. The maximum absolute atomic E-state index is 12.5. The summed E-state index contributed by atoms with van der Waals surface area (Å²) in [6, 6.07) is 14.7. The van der Waals surface area contributed by atoms with Crippen LogP contribution in [-0.4, -0.2) is 28.7 Å². The summed E-state index contributed by atoms with van der Waals surface area (Å²) in [7, 11) is 0. The number of carbonyl (C=O) groups is 2. The summed E-state index contributed by atoms with van der Waals surface area (Å²) >= 11 is 1.22. The fraction of sp³-hybridized carbons (Fsp3) is 0.318. The highest BCUT2D eigenvalue weighted by atomic mass is 32.2. The third-order valence-corrected chi connectivity index (χ3v) is 4.98. The van der Waals surface area contributed by atoms with Crippen LogP contribution in [0.2, 0.25) is 0 Å². The highest BCUT2D eigenvalue weighted by Crippen LogP contribution is 2.24. The van der Waals surface area contributed by atoms with Crippen molar-refractivity contribution < 1.29 is 18.7 Å². The van der Waals surface area contributed by atoms with Gasteiger partial charge < -0.3 is 14.5 Å². The van der Waals surface area contributed by atoms with E-state index in [1.165, 1.54) is 11.8 Å². The molecule has 0 radical (unpaired) electrons. The number of oxazole rings is 1. The van der Waals surface area contributed by atoms with Crippen LogP contribution in [0.4, 0.5) is 0 Å². The highest BCUT2D eigenvalue weighted by molar-refractivity contribution is 7.99. The number of aryl methyl sites for hydroxylation is 1. The molecule has 2 aromatic carbocycles. The summed E-state index contributed by atoms with van der Waals surface area (Å²) in [6.45, 7) is 5.59. The summed E-state index contributed by atoms with van der Waals surface area (Å²) in [5.74, 6) is -0.424. The van der Waals surface area contributed by atoms with Gasteiger partial charge in [0.05, 0.1) is 24.3 Å². The Balaban J connectivity index is 1.64. The normalized spacial score (nSPS) is 12.1. The molecule has 0 aliphatic heterocycles. The van der Waals surface area contributed by atoms with Crippen molar-refractivity contribution in [3.63, 3.8) is 0 Å². The first-order chi connectivity index (χ1) is 13.9. The number of fused-ring (bicyclic) bond motifs is 1. The van der Waals surface area contributed by atoms with Crippen molar-refractivity contribution >= 4 is 34.7 Å². The Kier molecular flexibility index (Phi) is 6.93. The maximum Gasteiger partial charge on any atom is 0.308 e. The van der Waals surface area contributed by atoms with Crippen LogP contribution in [0.1, 0.15) is 37.4 Å². The lowest BCUT2D eigenvalue weighted by molar-refractivity contribution is -0.148. The lowest BCUT2D eigenvalue weighted by atomic mass is 10.0. The van der Waals surface area contributed by atoms with Gasteiger partial charge in [-0.3, -0.25) is 9.59 Å². The zero-order valence-electron chi connectivity index (χ0n) is 16.7. The molecule has 6 nitrogen and oxygen atoms in total. The van der Waals surface area contributed by atoms with Crippen molar-refractivity contribution in [3.8, 4) is 0 Å². The molecule has 1 atom stereocenters. The standard InChI is InChI=1S/C22H24N2O4S/c1-14(2)27-21(26)12-18(16-10-8-15(3)9-11-16)23-20(25)13-29-22-24-17-6-4-5-7-19(17)28-22/h4-11,14,18H,12-13H2,1-3H3,(H,23,25). The van der Waals surface area contributed by atoms with Gasteiger partial charge in [0.25, 0.3) is 5.22 Å². The summed E-state index contributed by atoms with van der Waals surface area (Å²) < 4.78 is 10.9. The molecule has 0 saturated carbocycles. The maximum atomic E-state index is 12.5. The van der Waals surface area contributed by atoms with Crippen molar-refractivity contribution in [2.24, 2.45) is 0 Å². The van der Waals surface area contributed by atoms with Crippen molar-refractivity contribution in [2.45, 2.75) is 44.6 Å². The van der Waals surface area contributed by atoms with Crippen LogP contribution in [-0.2, 0) is 14.3 Å². The summed E-state index contributed by atoms with van der Waals surface area (Å²) in [4.78, 5) is 29.0. The van der Waals surface area contributed by atoms with Gasteiger partial charge in [0.1, 0.15) is 5.52 Å². The third-order valence-electron chi connectivity index (χ3n) is 4.15. The molecule has 0 fully saturated rings. The topological polar surface area (TPSA) is 81.4 Å². The number of amides is 1. The fourth-order valence-corrected chi connectivity index (χ4v) is 3.45. The van der Waals surface area contributed by atoms with E-state index in [2.05, 4.69) is 10.3 Å². The molecule has 0 aliphatic rings. The molecule has 0 aliphatic carbocycles. The molecule has 1 N–H and O–H groups in total. The van der Waals surface area contributed by atoms with Gasteiger partial charge in [0.15, 0.2) is 5.58 Å². The van der Waals surface area contributed by atoms with Gasteiger partial charge in [-0.25, -0.2) is 4.98 Å². The second kappa shape index (κ2) is 9.60. The van der Waals surface area contributed by atoms with E-state index in [9.17, 15) is 9.59 Å². The first kappa shape index (κ1) is 20.9. The van der Waals surface area contributed by atoms with Crippen LogP contribution in [0.25, 0.3) is 11.1 Å². The average Bonchev–Trinajstić information content (AvgIpc) is 3.09. The number of nitrogens with one attached hydrogen (secondary N) is 1. The number of rotatable bonds is 8. The van der Waals surface area contributed by atoms with E-state index >= 15 is 0 Å².